The lowest BCUT2D eigenvalue weighted by Gasteiger charge is -2.31. The highest BCUT2D eigenvalue weighted by molar-refractivity contribution is 7.23. The maximum Gasteiger partial charge on any atom is 0.417 e. The smallest absolute Gasteiger partial charge is 0.417 e. The summed E-state index contributed by atoms with van der Waals surface area (Å²) in [6.07, 6.45) is -4.51. The van der Waals surface area contributed by atoms with Crippen LogP contribution in [0.1, 0.15) is 42.4 Å². The summed E-state index contributed by atoms with van der Waals surface area (Å²) in [6, 6.07) is 12.9. The van der Waals surface area contributed by atoms with Crippen LogP contribution in [0.3, 0.4) is 0 Å². The molecule has 0 spiro atoms. The molecule has 9 nitrogen and oxygen atoms in total. The van der Waals surface area contributed by atoms with Crippen molar-refractivity contribution in [2.75, 3.05) is 43.9 Å². The Hall–Kier alpha value is -5.14. The van der Waals surface area contributed by atoms with Crippen molar-refractivity contribution in [2.45, 2.75) is 56.2 Å². The van der Waals surface area contributed by atoms with E-state index in [2.05, 4.69) is 9.97 Å². The van der Waals surface area contributed by atoms with Crippen molar-refractivity contribution in [3.8, 4) is 23.2 Å². The van der Waals surface area contributed by atoms with Gasteiger partial charge in [0.05, 0.1) is 27.4 Å². The molecular weight excluding hydrogens is 733 g/mol. The number of nitrogens with two attached hydrogens (primary N) is 1. The molecule has 3 aliphatic heterocycles. The minimum absolute atomic E-state index is 0.0117. The number of carbonyl (C=O) groups is 1. The number of likely N-dealkylation sites (tertiary alicyclic amines) is 1. The summed E-state index contributed by atoms with van der Waals surface area (Å²) in [5, 5.41) is 9.18. The molecule has 0 saturated carbocycles. The van der Waals surface area contributed by atoms with Gasteiger partial charge in [-0.25, -0.2) is 13.2 Å². The Morgan fingerprint density at radius 2 is 1.93 bits per heavy atom. The molecule has 3 unspecified atom stereocenters. The third kappa shape index (κ3) is 6.03. The number of hydrogen-bond acceptors (Lipinski definition) is 9. The van der Waals surface area contributed by atoms with E-state index in [9.17, 15) is 18.8 Å². The van der Waals surface area contributed by atoms with Crippen LogP contribution in [0.2, 0.25) is 0 Å². The number of hydrogen-bond donors (Lipinski definition) is 1. The van der Waals surface area contributed by atoms with Crippen molar-refractivity contribution in [1.82, 2.24) is 19.8 Å². The number of nitrogen functional groups attached to an aromatic ring is 1. The number of ether oxygens (including phenoxy) is 1. The fourth-order valence-electron chi connectivity index (χ4n) is 8.31. The zero-order chi connectivity index (χ0) is 38.1. The number of carbonyl (C=O) groups excluding carboxylic acids is 1. The van der Waals surface area contributed by atoms with Crippen molar-refractivity contribution in [2.24, 2.45) is 0 Å². The van der Waals surface area contributed by atoms with Gasteiger partial charge in [0.15, 0.2) is 5.82 Å². The van der Waals surface area contributed by atoms with Gasteiger partial charge in [-0.2, -0.15) is 28.4 Å². The van der Waals surface area contributed by atoms with Gasteiger partial charge in [-0.15, -0.1) is 11.3 Å². The minimum atomic E-state index is -5.14. The van der Waals surface area contributed by atoms with Gasteiger partial charge in [-0.05, 0) is 42.6 Å². The van der Waals surface area contributed by atoms with Crippen LogP contribution >= 0.6 is 11.3 Å². The largest absolute Gasteiger partial charge is 0.461 e. The third-order valence-corrected chi connectivity index (χ3v) is 11.9. The number of alkyl halides is 4. The highest BCUT2D eigenvalue weighted by Crippen LogP contribution is 2.48. The number of anilines is 2. The quantitative estimate of drug-likeness (QED) is 0.162. The monoisotopic (exact) mass is 765 g/mol. The zero-order valence-electron chi connectivity index (χ0n) is 28.9. The molecule has 3 aromatic carbocycles. The molecule has 2 N–H and O–H groups in total. The summed E-state index contributed by atoms with van der Waals surface area (Å²) in [5.41, 5.74) is 2.67. The molecule has 3 saturated heterocycles. The Balaban J connectivity index is 1.29. The summed E-state index contributed by atoms with van der Waals surface area (Å²) < 4.78 is 98.0. The predicted molar refractivity (Wildman–Crippen MR) is 192 cm³/mol. The first kappa shape index (κ1) is 35.9. The van der Waals surface area contributed by atoms with Crippen LogP contribution in [0.25, 0.3) is 32.1 Å². The standard InChI is InChI=1S/C38H33F6N7O2S/c1-49(22-12-28(52)50(18-22)16-20-6-3-2-4-7-20)35-24-13-26(38(42,43)44)30(23-8-9-27(40)33-29(23)25(15-45)34(46)54-33)31(41)32(24)47-36(48-35)53-19-37-10-5-11-51(37)17-21(39)14-37/h2-4,6-9,13,21-22H,5,10-12,14,16-19,46H2,1H3. The molecular formula is C38H33F6N7O2S. The Labute approximate surface area is 309 Å². The average Bonchev–Trinajstić information content (AvgIpc) is 3.88. The van der Waals surface area contributed by atoms with Crippen LogP contribution in [-0.4, -0.2) is 76.7 Å². The normalized spacial score (nSPS) is 21.7. The van der Waals surface area contributed by atoms with Gasteiger partial charge >= 0.3 is 12.2 Å². The topological polar surface area (TPSA) is 112 Å². The second-order valence-electron chi connectivity index (χ2n) is 14.2. The molecule has 2 aromatic heterocycles. The first-order valence-electron chi connectivity index (χ1n) is 17.4. The SMILES string of the molecule is CN(c1nc(OCC23CCCN2CC(F)C3)nc2c(F)c(-c3ccc(F)c4sc(N)c(C#N)c34)c(C(F)(F)F)cc12)C1CC(=O)N(Cc2ccccc2)C1. The molecule has 5 aromatic rings. The molecule has 5 heterocycles. The average molecular weight is 766 g/mol. The first-order chi connectivity index (χ1) is 25.8. The Bertz CT molecular complexity index is 2350. The molecule has 0 radical (unpaired) electrons. The second-order valence-corrected chi connectivity index (χ2v) is 15.2. The van der Waals surface area contributed by atoms with E-state index < -0.39 is 57.8 Å². The predicted octanol–water partition coefficient (Wildman–Crippen LogP) is 7.45. The molecule has 16 heteroatoms. The van der Waals surface area contributed by atoms with Crippen molar-refractivity contribution in [1.29, 1.82) is 5.26 Å². The van der Waals surface area contributed by atoms with Crippen molar-refractivity contribution in [3.05, 3.63) is 76.9 Å². The summed E-state index contributed by atoms with van der Waals surface area (Å²) in [4.78, 5) is 27.2. The molecule has 3 atom stereocenters. The lowest BCUT2D eigenvalue weighted by atomic mass is 9.92. The number of aromatic nitrogens is 2. The molecule has 280 valence electrons. The Kier molecular flexibility index (Phi) is 8.84. The van der Waals surface area contributed by atoms with Gasteiger partial charge in [0.2, 0.25) is 5.91 Å². The number of likely N-dealkylation sites (N-methyl/N-ethyl adjacent to an activating group) is 1. The van der Waals surface area contributed by atoms with E-state index in [1.165, 1.54) is 4.90 Å². The highest BCUT2D eigenvalue weighted by Gasteiger charge is 2.49. The van der Waals surface area contributed by atoms with Gasteiger partial charge < -0.3 is 20.3 Å². The van der Waals surface area contributed by atoms with Gasteiger partial charge in [0, 0.05) is 55.9 Å². The van der Waals surface area contributed by atoms with Crippen LogP contribution in [0.4, 0.5) is 37.2 Å². The summed E-state index contributed by atoms with van der Waals surface area (Å²) in [6.45, 7) is 1.40. The molecule has 3 fully saturated rings. The molecule has 1 amide bonds. The van der Waals surface area contributed by atoms with Crippen molar-refractivity contribution >= 4 is 49.1 Å². The van der Waals surface area contributed by atoms with Crippen LogP contribution in [0, 0.1) is 23.0 Å². The minimum Gasteiger partial charge on any atom is -0.461 e. The van der Waals surface area contributed by atoms with Gasteiger partial charge in [-0.3, -0.25) is 9.69 Å². The van der Waals surface area contributed by atoms with E-state index in [0.29, 0.717) is 30.8 Å². The Morgan fingerprint density at radius 3 is 2.67 bits per heavy atom. The number of benzene rings is 3. The van der Waals surface area contributed by atoms with Crippen LogP contribution in [0.15, 0.2) is 48.5 Å². The molecule has 0 bridgehead atoms. The number of amides is 1. The van der Waals surface area contributed by atoms with Gasteiger partial charge in [-0.1, -0.05) is 36.4 Å². The van der Waals surface area contributed by atoms with E-state index in [0.717, 1.165) is 30.2 Å². The number of halogens is 6. The fourth-order valence-corrected chi connectivity index (χ4v) is 9.26. The maximum absolute atomic E-state index is 17.2. The van der Waals surface area contributed by atoms with E-state index in [4.69, 9.17) is 10.5 Å². The summed E-state index contributed by atoms with van der Waals surface area (Å²) in [7, 11) is 1.56. The molecule has 0 aliphatic carbocycles. The fraction of sp³-hybridized carbons (Fsp3) is 0.368. The number of rotatable bonds is 8. The van der Waals surface area contributed by atoms with Crippen molar-refractivity contribution < 1.29 is 35.9 Å². The van der Waals surface area contributed by atoms with E-state index in [1.807, 2.05) is 41.3 Å². The molecule has 54 heavy (non-hydrogen) atoms. The van der Waals surface area contributed by atoms with E-state index in [-0.39, 0.29) is 76.3 Å². The van der Waals surface area contributed by atoms with Crippen LogP contribution < -0.4 is 15.4 Å². The number of nitrogens with zero attached hydrogens (tertiary/aromatic N) is 6. The number of nitriles is 1. The molecule has 3 aliphatic rings. The maximum atomic E-state index is 17.2. The Morgan fingerprint density at radius 1 is 1.15 bits per heavy atom. The van der Waals surface area contributed by atoms with Crippen molar-refractivity contribution in [3.63, 3.8) is 0 Å². The van der Waals surface area contributed by atoms with Gasteiger partial charge in [0.1, 0.15) is 41.0 Å². The lowest BCUT2D eigenvalue weighted by molar-refractivity contribution is -0.137. The summed E-state index contributed by atoms with van der Waals surface area (Å²) in [5.74, 6) is -2.52. The van der Waals surface area contributed by atoms with Crippen LogP contribution in [0.5, 0.6) is 6.01 Å². The van der Waals surface area contributed by atoms with E-state index in [1.54, 1.807) is 11.9 Å². The van der Waals surface area contributed by atoms with E-state index >= 15 is 17.6 Å². The van der Waals surface area contributed by atoms with Gasteiger partial charge in [0.25, 0.3) is 0 Å². The first-order valence-corrected chi connectivity index (χ1v) is 18.2. The lowest BCUT2D eigenvalue weighted by Crippen LogP contribution is -2.43. The zero-order valence-corrected chi connectivity index (χ0v) is 29.7. The number of thiophene rings is 1. The summed E-state index contributed by atoms with van der Waals surface area (Å²) >= 11 is 0.673. The second kappa shape index (κ2) is 13.3. The van der Waals surface area contributed by atoms with Crippen LogP contribution in [-0.2, 0) is 17.5 Å². The third-order valence-electron chi connectivity index (χ3n) is 10.9. The highest BCUT2D eigenvalue weighted by atomic mass is 32.1. The number of fused-ring (bicyclic) bond motifs is 3. The molecule has 8 rings (SSSR count).